The normalized spacial score (nSPS) is 14.4. The molecule has 0 saturated carbocycles. The number of benzene rings is 3. The van der Waals surface area contributed by atoms with E-state index in [-0.39, 0.29) is 11.7 Å². The number of carbonyl (C=O) groups excluding carboxylic acids is 1. The average Bonchev–Trinajstić information content (AvgIpc) is 2.81. The van der Waals surface area contributed by atoms with Gasteiger partial charge in [0, 0.05) is 40.5 Å². The molecule has 0 unspecified atom stereocenters. The topological polar surface area (TPSA) is 44.7 Å². The van der Waals surface area contributed by atoms with Crippen LogP contribution in [0.15, 0.2) is 77.9 Å². The number of hydrogen-bond acceptors (Lipinski definition) is 3. The van der Waals surface area contributed by atoms with Crippen molar-refractivity contribution in [3.05, 3.63) is 100 Å². The molecule has 1 heterocycles. The summed E-state index contributed by atoms with van der Waals surface area (Å²) in [7, 11) is 0. The summed E-state index contributed by atoms with van der Waals surface area (Å²) >= 11 is 5.89. The van der Waals surface area contributed by atoms with E-state index in [4.69, 9.17) is 11.6 Å². The van der Waals surface area contributed by atoms with Crippen LogP contribution in [-0.4, -0.2) is 24.7 Å². The summed E-state index contributed by atoms with van der Waals surface area (Å²) in [4.78, 5) is 14.9. The second-order valence-electron chi connectivity index (χ2n) is 7.51. The van der Waals surface area contributed by atoms with Crippen molar-refractivity contribution in [2.45, 2.75) is 19.3 Å². The van der Waals surface area contributed by atoms with Gasteiger partial charge in [0.1, 0.15) is 5.82 Å². The third-order valence-corrected chi connectivity index (χ3v) is 5.61. The summed E-state index contributed by atoms with van der Waals surface area (Å²) in [5.74, 6) is -0.671. The number of hydrogen-bond donors (Lipinski definition) is 1. The number of carbonyl (C=O) groups is 1. The lowest BCUT2D eigenvalue weighted by Gasteiger charge is -2.28. The van der Waals surface area contributed by atoms with Crippen molar-refractivity contribution >= 4 is 28.9 Å². The molecule has 0 spiro atoms. The summed E-state index contributed by atoms with van der Waals surface area (Å²) in [6.45, 7) is 2.13. The Bertz CT molecular complexity index is 1060. The molecule has 1 fully saturated rings. The van der Waals surface area contributed by atoms with Crippen LogP contribution < -0.4 is 10.3 Å². The number of nitrogens with one attached hydrogen (secondary N) is 1. The van der Waals surface area contributed by atoms with Gasteiger partial charge >= 0.3 is 0 Å². The fraction of sp³-hybridized carbons (Fsp3) is 0.200. The number of rotatable bonds is 5. The SMILES string of the molecule is O=C(N/N=C(/c1ccc(F)cc1)c1ccc(N2CCCCC2)cc1)c1ccc(Cl)cc1. The molecule has 0 atom stereocenters. The standard InChI is InChI=1S/C25H23ClFN3O/c26-21-10-4-20(5-11-21)25(31)29-28-24(18-6-12-22(27)13-7-18)19-8-14-23(15-9-19)30-16-2-1-3-17-30/h4-15H,1-3,16-17H2,(H,29,31)/b28-24-. The molecule has 158 valence electrons. The summed E-state index contributed by atoms with van der Waals surface area (Å²) in [6, 6.07) is 20.8. The van der Waals surface area contributed by atoms with Gasteiger partial charge in [-0.15, -0.1) is 0 Å². The predicted molar refractivity (Wildman–Crippen MR) is 123 cm³/mol. The molecule has 1 aliphatic rings. The van der Waals surface area contributed by atoms with Crippen molar-refractivity contribution in [1.82, 2.24) is 5.43 Å². The Morgan fingerprint density at radius 3 is 1.97 bits per heavy atom. The zero-order valence-corrected chi connectivity index (χ0v) is 17.8. The minimum Gasteiger partial charge on any atom is -0.372 e. The zero-order valence-electron chi connectivity index (χ0n) is 17.0. The maximum atomic E-state index is 13.5. The predicted octanol–water partition coefficient (Wildman–Crippen LogP) is 5.65. The van der Waals surface area contributed by atoms with Crippen LogP contribution >= 0.6 is 11.6 Å². The molecule has 3 aromatic rings. The number of piperidine rings is 1. The smallest absolute Gasteiger partial charge is 0.271 e. The Morgan fingerprint density at radius 2 is 1.35 bits per heavy atom. The van der Waals surface area contributed by atoms with Crippen LogP contribution in [0.3, 0.4) is 0 Å². The van der Waals surface area contributed by atoms with E-state index in [9.17, 15) is 9.18 Å². The molecule has 0 radical (unpaired) electrons. The summed E-state index contributed by atoms with van der Waals surface area (Å²) in [5, 5.41) is 4.94. The molecule has 6 heteroatoms. The Labute approximate surface area is 186 Å². The van der Waals surface area contributed by atoms with Gasteiger partial charge in [-0.05, 0) is 79.9 Å². The van der Waals surface area contributed by atoms with Gasteiger partial charge in [0.25, 0.3) is 5.91 Å². The van der Waals surface area contributed by atoms with Crippen LogP contribution in [0.2, 0.25) is 5.02 Å². The maximum Gasteiger partial charge on any atom is 0.271 e. The molecule has 1 amide bonds. The van der Waals surface area contributed by atoms with Crippen LogP contribution in [0.25, 0.3) is 0 Å². The maximum absolute atomic E-state index is 13.5. The molecule has 1 saturated heterocycles. The van der Waals surface area contributed by atoms with Gasteiger partial charge in [-0.3, -0.25) is 4.79 Å². The van der Waals surface area contributed by atoms with Crippen LogP contribution in [0, 0.1) is 5.82 Å². The number of amides is 1. The first-order valence-corrected chi connectivity index (χ1v) is 10.7. The molecule has 0 bridgehead atoms. The lowest BCUT2D eigenvalue weighted by atomic mass is 10.0. The minimum absolute atomic E-state index is 0.325. The Balaban J connectivity index is 1.61. The molecule has 31 heavy (non-hydrogen) atoms. The van der Waals surface area contributed by atoms with Gasteiger partial charge < -0.3 is 4.90 Å². The van der Waals surface area contributed by atoms with E-state index in [1.807, 2.05) is 12.1 Å². The Kier molecular flexibility index (Phi) is 6.63. The molecule has 4 nitrogen and oxygen atoms in total. The Morgan fingerprint density at radius 1 is 0.806 bits per heavy atom. The van der Waals surface area contributed by atoms with Crippen molar-refractivity contribution in [2.24, 2.45) is 5.10 Å². The molecule has 3 aromatic carbocycles. The van der Waals surface area contributed by atoms with Crippen molar-refractivity contribution in [1.29, 1.82) is 0 Å². The Hall–Kier alpha value is -3.18. The van der Waals surface area contributed by atoms with Gasteiger partial charge in [-0.1, -0.05) is 23.7 Å². The number of halogens is 2. The minimum atomic E-state index is -0.346. The largest absolute Gasteiger partial charge is 0.372 e. The quantitative estimate of drug-likeness (QED) is 0.415. The van der Waals surface area contributed by atoms with Gasteiger partial charge in [-0.2, -0.15) is 5.10 Å². The second-order valence-corrected chi connectivity index (χ2v) is 7.95. The van der Waals surface area contributed by atoms with E-state index in [0.717, 1.165) is 18.7 Å². The van der Waals surface area contributed by atoms with Crippen molar-refractivity contribution < 1.29 is 9.18 Å². The highest BCUT2D eigenvalue weighted by molar-refractivity contribution is 6.30. The number of nitrogens with zero attached hydrogens (tertiary/aromatic N) is 2. The van der Waals surface area contributed by atoms with Gasteiger partial charge in [0.05, 0.1) is 5.71 Å². The molecular formula is C25H23ClFN3O. The van der Waals surface area contributed by atoms with E-state index >= 15 is 0 Å². The third-order valence-electron chi connectivity index (χ3n) is 5.36. The van der Waals surface area contributed by atoms with Gasteiger partial charge in [-0.25, -0.2) is 9.82 Å². The van der Waals surface area contributed by atoms with Crippen LogP contribution in [0.1, 0.15) is 40.7 Å². The molecular weight excluding hydrogens is 413 g/mol. The van der Waals surface area contributed by atoms with E-state index in [1.165, 1.54) is 37.1 Å². The second kappa shape index (κ2) is 9.75. The van der Waals surface area contributed by atoms with Crippen molar-refractivity contribution in [3.8, 4) is 0 Å². The third kappa shape index (κ3) is 5.30. The van der Waals surface area contributed by atoms with E-state index in [2.05, 4.69) is 27.6 Å². The molecule has 4 rings (SSSR count). The van der Waals surface area contributed by atoms with E-state index < -0.39 is 0 Å². The molecule has 0 aromatic heterocycles. The summed E-state index contributed by atoms with van der Waals surface area (Å²) < 4.78 is 13.5. The van der Waals surface area contributed by atoms with Crippen molar-refractivity contribution in [2.75, 3.05) is 18.0 Å². The molecule has 0 aliphatic carbocycles. The summed E-state index contributed by atoms with van der Waals surface area (Å²) in [6.07, 6.45) is 3.70. The van der Waals surface area contributed by atoms with Crippen molar-refractivity contribution in [3.63, 3.8) is 0 Å². The van der Waals surface area contributed by atoms with Crippen LogP contribution in [0.4, 0.5) is 10.1 Å². The zero-order chi connectivity index (χ0) is 21.6. The first-order chi connectivity index (χ1) is 15.1. The van der Waals surface area contributed by atoms with Gasteiger partial charge in [0.15, 0.2) is 0 Å². The highest BCUT2D eigenvalue weighted by atomic mass is 35.5. The van der Waals surface area contributed by atoms with Crippen LogP contribution in [-0.2, 0) is 0 Å². The highest BCUT2D eigenvalue weighted by Crippen LogP contribution is 2.22. The highest BCUT2D eigenvalue weighted by Gasteiger charge is 2.13. The fourth-order valence-corrected chi connectivity index (χ4v) is 3.78. The van der Waals surface area contributed by atoms with E-state index in [0.29, 0.717) is 21.9 Å². The van der Waals surface area contributed by atoms with E-state index in [1.54, 1.807) is 36.4 Å². The fourth-order valence-electron chi connectivity index (χ4n) is 3.66. The first-order valence-electron chi connectivity index (χ1n) is 10.3. The van der Waals surface area contributed by atoms with Gasteiger partial charge in [0.2, 0.25) is 0 Å². The lowest BCUT2D eigenvalue weighted by molar-refractivity contribution is 0.0955. The van der Waals surface area contributed by atoms with Crippen LogP contribution in [0.5, 0.6) is 0 Å². The molecule has 1 N–H and O–H groups in total. The lowest BCUT2D eigenvalue weighted by Crippen LogP contribution is -2.29. The monoisotopic (exact) mass is 435 g/mol. The summed E-state index contributed by atoms with van der Waals surface area (Å²) in [5.41, 5.74) is 6.35. The number of anilines is 1. The number of hydrazone groups is 1. The first kappa shape index (κ1) is 21.1. The molecule has 1 aliphatic heterocycles. The average molecular weight is 436 g/mol.